The van der Waals surface area contributed by atoms with Gasteiger partial charge in [0, 0.05) is 37.2 Å². The molecule has 0 atom stereocenters. The van der Waals surface area contributed by atoms with E-state index in [2.05, 4.69) is 229 Å². The van der Waals surface area contributed by atoms with Crippen LogP contribution in [0.5, 0.6) is 0 Å². The lowest BCUT2D eigenvalue weighted by atomic mass is 9.92. The first kappa shape index (κ1) is 34.5. The number of benzene rings is 11. The molecule has 1 heterocycles. The second-order valence-electron chi connectivity index (χ2n) is 15.7. The summed E-state index contributed by atoms with van der Waals surface area (Å²) in [6, 6.07) is 82.5. The first-order valence-corrected chi connectivity index (χ1v) is 21.4. The van der Waals surface area contributed by atoms with Crippen molar-refractivity contribution in [1.82, 2.24) is 0 Å². The summed E-state index contributed by atoms with van der Waals surface area (Å²) in [5, 5.41) is 12.9. The van der Waals surface area contributed by atoms with Crippen LogP contribution in [0.1, 0.15) is 0 Å². The predicted molar refractivity (Wildman–Crippen MR) is 260 cm³/mol. The summed E-state index contributed by atoms with van der Waals surface area (Å²) in [6.45, 7) is 0. The molecule has 0 saturated carbocycles. The number of anilines is 3. The number of nitrogens with zero attached hydrogens (tertiary/aromatic N) is 1. The molecule has 1 nitrogen and oxygen atoms in total. The zero-order chi connectivity index (χ0) is 39.6. The summed E-state index contributed by atoms with van der Waals surface area (Å²) in [4.78, 5) is 2.39. The van der Waals surface area contributed by atoms with Crippen LogP contribution in [-0.2, 0) is 0 Å². The van der Waals surface area contributed by atoms with Gasteiger partial charge >= 0.3 is 0 Å². The van der Waals surface area contributed by atoms with Crippen LogP contribution < -0.4 is 4.90 Å². The van der Waals surface area contributed by atoms with E-state index in [-0.39, 0.29) is 0 Å². The topological polar surface area (TPSA) is 3.24 Å². The van der Waals surface area contributed by atoms with Crippen LogP contribution >= 0.6 is 11.3 Å². The summed E-state index contributed by atoms with van der Waals surface area (Å²) in [5.74, 6) is 0. The molecule has 0 radical (unpaired) electrons. The van der Waals surface area contributed by atoms with E-state index in [1.54, 1.807) is 0 Å². The Bertz CT molecular complexity index is 3590. The molecule has 0 aliphatic rings. The van der Waals surface area contributed by atoms with Gasteiger partial charge in [-0.15, -0.1) is 11.3 Å². The van der Waals surface area contributed by atoms with Gasteiger partial charge in [-0.05, 0) is 137 Å². The molecule has 0 amide bonds. The Labute approximate surface area is 352 Å². The van der Waals surface area contributed by atoms with Crippen molar-refractivity contribution < 1.29 is 0 Å². The monoisotopic (exact) mass is 779 g/mol. The number of thiophene rings is 1. The van der Waals surface area contributed by atoms with Crippen LogP contribution in [0.3, 0.4) is 0 Å². The third-order valence-corrected chi connectivity index (χ3v) is 13.3. The lowest BCUT2D eigenvalue weighted by Gasteiger charge is -2.27. The highest BCUT2D eigenvalue weighted by molar-refractivity contribution is 7.25. The average molecular weight is 780 g/mol. The van der Waals surface area contributed by atoms with E-state index in [0.29, 0.717) is 0 Å². The molecule has 1 aromatic heterocycles. The Morgan fingerprint density at radius 1 is 0.250 bits per heavy atom. The van der Waals surface area contributed by atoms with Crippen LogP contribution in [0.2, 0.25) is 0 Å². The highest BCUT2D eigenvalue weighted by Gasteiger charge is 2.16. The third kappa shape index (κ3) is 5.84. The molecule has 0 aliphatic carbocycles. The first-order valence-electron chi connectivity index (χ1n) is 20.6. The van der Waals surface area contributed by atoms with Crippen LogP contribution in [0, 0.1) is 0 Å². The Balaban J connectivity index is 0.971. The summed E-state index contributed by atoms with van der Waals surface area (Å²) in [5.41, 5.74) is 10.5. The average Bonchev–Trinajstić information content (AvgIpc) is 3.70. The van der Waals surface area contributed by atoms with Gasteiger partial charge in [0.2, 0.25) is 0 Å². The van der Waals surface area contributed by atoms with Crippen LogP contribution in [0.4, 0.5) is 17.1 Å². The molecule has 0 bridgehead atoms. The van der Waals surface area contributed by atoms with Gasteiger partial charge in [-0.3, -0.25) is 0 Å². The van der Waals surface area contributed by atoms with Crippen molar-refractivity contribution in [2.45, 2.75) is 0 Å². The second-order valence-corrected chi connectivity index (χ2v) is 16.8. The lowest BCUT2D eigenvalue weighted by molar-refractivity contribution is 1.28. The molecule has 0 aliphatic heterocycles. The van der Waals surface area contributed by atoms with Gasteiger partial charge in [0.25, 0.3) is 0 Å². The van der Waals surface area contributed by atoms with Gasteiger partial charge < -0.3 is 4.90 Å². The van der Waals surface area contributed by atoms with Crippen molar-refractivity contribution >= 4 is 91.7 Å². The summed E-state index contributed by atoms with van der Waals surface area (Å²) in [7, 11) is 0. The van der Waals surface area contributed by atoms with Crippen molar-refractivity contribution in [3.8, 4) is 33.4 Å². The fourth-order valence-corrected chi connectivity index (χ4v) is 10.4. The second kappa shape index (κ2) is 14.1. The fraction of sp³-hybridized carbons (Fsp3) is 0. The molecule has 0 saturated heterocycles. The molecular formula is C58H37NS. The largest absolute Gasteiger partial charge is 0.310 e. The molecule has 0 fully saturated rings. The molecule has 60 heavy (non-hydrogen) atoms. The van der Waals surface area contributed by atoms with Gasteiger partial charge in [0.05, 0.1) is 0 Å². The van der Waals surface area contributed by atoms with Crippen LogP contribution in [0.15, 0.2) is 224 Å². The molecular weight excluding hydrogens is 743 g/mol. The minimum Gasteiger partial charge on any atom is -0.310 e. The van der Waals surface area contributed by atoms with Gasteiger partial charge in [0.15, 0.2) is 0 Å². The van der Waals surface area contributed by atoms with E-state index >= 15 is 0 Å². The van der Waals surface area contributed by atoms with Crippen molar-refractivity contribution in [2.75, 3.05) is 4.90 Å². The standard InChI is InChI=1S/C58H37NS/c1-2-10-38(11-3-1)43-13-8-15-49(35-43)59(48-30-26-39(27-31-48)46-29-33-56-54(37-46)53-18-6-7-19-55(53)60-56)50-16-9-14-44(36-50)45-28-32-52-47(34-45)25-24-42-23-22-41-21-20-40-12-4-5-17-51(40)57(41)58(42)52/h1-37H. The van der Waals surface area contributed by atoms with E-state index in [1.165, 1.54) is 96.6 Å². The zero-order valence-corrected chi connectivity index (χ0v) is 33.5. The van der Waals surface area contributed by atoms with E-state index < -0.39 is 0 Å². The molecule has 11 aromatic carbocycles. The van der Waals surface area contributed by atoms with Gasteiger partial charge in [-0.2, -0.15) is 0 Å². The lowest BCUT2D eigenvalue weighted by Crippen LogP contribution is -2.10. The smallest absolute Gasteiger partial charge is 0.0467 e. The molecule has 12 aromatic rings. The molecule has 0 N–H and O–H groups in total. The minimum atomic E-state index is 1.10. The van der Waals surface area contributed by atoms with E-state index in [0.717, 1.165) is 17.1 Å². The molecule has 2 heteroatoms. The van der Waals surface area contributed by atoms with Crippen molar-refractivity contribution in [3.63, 3.8) is 0 Å². The molecule has 0 spiro atoms. The maximum Gasteiger partial charge on any atom is 0.0467 e. The quantitative estimate of drug-likeness (QED) is 0.152. The van der Waals surface area contributed by atoms with Crippen molar-refractivity contribution in [2.24, 2.45) is 0 Å². The Morgan fingerprint density at radius 2 is 0.750 bits per heavy atom. The van der Waals surface area contributed by atoms with E-state index in [9.17, 15) is 0 Å². The summed E-state index contributed by atoms with van der Waals surface area (Å²) >= 11 is 1.86. The third-order valence-electron chi connectivity index (χ3n) is 12.2. The summed E-state index contributed by atoms with van der Waals surface area (Å²) in [6.07, 6.45) is 0. The highest BCUT2D eigenvalue weighted by Crippen LogP contribution is 2.42. The first-order chi connectivity index (χ1) is 29.7. The zero-order valence-electron chi connectivity index (χ0n) is 32.7. The SMILES string of the molecule is c1ccc(-c2cccc(N(c3ccc(-c4ccc5sc6ccccc6c5c4)cc3)c3cccc(-c4ccc5c(ccc6ccc7ccc8ccccc8c7c65)c4)c3)c2)cc1. The van der Waals surface area contributed by atoms with Gasteiger partial charge in [-0.25, -0.2) is 0 Å². The maximum absolute atomic E-state index is 2.39. The predicted octanol–water partition coefficient (Wildman–Crippen LogP) is 17.1. The Hall–Kier alpha value is -7.52. The molecule has 280 valence electrons. The van der Waals surface area contributed by atoms with E-state index in [4.69, 9.17) is 0 Å². The Kier molecular flexibility index (Phi) is 8.11. The summed E-state index contributed by atoms with van der Waals surface area (Å²) < 4.78 is 2.65. The number of rotatable bonds is 6. The van der Waals surface area contributed by atoms with Crippen LogP contribution in [-0.4, -0.2) is 0 Å². The number of fused-ring (bicyclic) bond motifs is 10. The molecule has 12 rings (SSSR count). The minimum absolute atomic E-state index is 1.10. The fourth-order valence-electron chi connectivity index (χ4n) is 9.27. The van der Waals surface area contributed by atoms with Crippen molar-refractivity contribution in [1.29, 1.82) is 0 Å². The number of hydrogen-bond acceptors (Lipinski definition) is 2. The Morgan fingerprint density at radius 3 is 1.50 bits per heavy atom. The maximum atomic E-state index is 2.39. The highest BCUT2D eigenvalue weighted by atomic mass is 32.1. The van der Waals surface area contributed by atoms with Crippen molar-refractivity contribution in [3.05, 3.63) is 224 Å². The van der Waals surface area contributed by atoms with Gasteiger partial charge in [-0.1, -0.05) is 164 Å². The van der Waals surface area contributed by atoms with E-state index in [1.807, 2.05) is 11.3 Å². The normalized spacial score (nSPS) is 11.7. The van der Waals surface area contributed by atoms with Crippen LogP contribution in [0.25, 0.3) is 96.6 Å². The number of hydrogen-bond donors (Lipinski definition) is 0. The van der Waals surface area contributed by atoms with Gasteiger partial charge in [0.1, 0.15) is 0 Å². The molecule has 0 unspecified atom stereocenters.